The molecule has 0 radical (unpaired) electrons. The highest BCUT2D eigenvalue weighted by molar-refractivity contribution is 5.95. The summed E-state index contributed by atoms with van der Waals surface area (Å²) in [5.41, 5.74) is 1.44. The summed E-state index contributed by atoms with van der Waals surface area (Å²) < 4.78 is 5.47. The highest BCUT2D eigenvalue weighted by Crippen LogP contribution is 2.75. The Morgan fingerprint density at radius 1 is 0.941 bits per heavy atom. The zero-order chi connectivity index (χ0) is 24.9. The Kier molecular flexibility index (Phi) is 5.08. The first-order valence-electron chi connectivity index (χ1n) is 13.7. The number of carbonyl (C=O) groups is 2. The number of ketones is 1. The summed E-state index contributed by atoms with van der Waals surface area (Å²) >= 11 is 0. The smallest absolute Gasteiger partial charge is 0.312 e. The first kappa shape index (κ1) is 24.3. The van der Waals surface area contributed by atoms with Gasteiger partial charge in [-0.15, -0.1) is 0 Å². The van der Waals surface area contributed by atoms with Gasteiger partial charge in [-0.25, -0.2) is 0 Å². The standard InChI is InChI=1S/C31H46O3/c1-26(2)15-17-31(25(33)34-8)18-16-29(6)20(21(31)19-26)9-10-23-28(5)13-12-24(32)27(3,4)22(28)11-14-30(23,29)7/h9,12-13,21-23H,10-11,14-19H2,1-8H3/t21?,22-,23+,28-,29+,30+,31-/m0/s1. The van der Waals surface area contributed by atoms with Crippen LogP contribution in [0.2, 0.25) is 0 Å². The molecule has 3 saturated carbocycles. The summed E-state index contributed by atoms with van der Waals surface area (Å²) in [7, 11) is 1.58. The van der Waals surface area contributed by atoms with E-state index in [1.54, 1.807) is 12.7 Å². The highest BCUT2D eigenvalue weighted by Gasteiger charge is 2.68. The van der Waals surface area contributed by atoms with E-state index >= 15 is 0 Å². The summed E-state index contributed by atoms with van der Waals surface area (Å²) in [5.74, 6) is 1.50. The molecule has 0 amide bonds. The molecule has 0 aromatic carbocycles. The van der Waals surface area contributed by atoms with Crippen molar-refractivity contribution in [2.75, 3.05) is 7.11 Å². The molecule has 0 saturated heterocycles. The fourth-order valence-electron chi connectivity index (χ4n) is 10.1. The van der Waals surface area contributed by atoms with Crippen LogP contribution in [-0.4, -0.2) is 18.9 Å². The number of rotatable bonds is 1. The maximum atomic E-state index is 13.3. The van der Waals surface area contributed by atoms with Crippen LogP contribution in [0.15, 0.2) is 23.8 Å². The lowest BCUT2D eigenvalue weighted by molar-refractivity contribution is -0.177. The fraction of sp³-hybridized carbons (Fsp3) is 0.806. The molecule has 1 unspecified atom stereocenters. The van der Waals surface area contributed by atoms with Crippen molar-refractivity contribution < 1.29 is 14.3 Å². The molecule has 3 nitrogen and oxygen atoms in total. The molecule has 188 valence electrons. The Hall–Kier alpha value is -1.38. The molecule has 3 heteroatoms. The Labute approximate surface area is 207 Å². The Morgan fingerprint density at radius 2 is 1.62 bits per heavy atom. The number of hydrogen-bond acceptors (Lipinski definition) is 3. The van der Waals surface area contributed by atoms with Gasteiger partial charge in [0.1, 0.15) is 0 Å². The number of hydrogen-bond donors (Lipinski definition) is 0. The first-order chi connectivity index (χ1) is 15.7. The number of esters is 1. The van der Waals surface area contributed by atoms with Crippen molar-refractivity contribution in [2.24, 2.45) is 50.2 Å². The molecule has 34 heavy (non-hydrogen) atoms. The van der Waals surface area contributed by atoms with E-state index in [9.17, 15) is 9.59 Å². The predicted molar refractivity (Wildman–Crippen MR) is 136 cm³/mol. The molecule has 0 aromatic rings. The highest BCUT2D eigenvalue weighted by atomic mass is 16.5. The Balaban J connectivity index is 1.62. The first-order valence-corrected chi connectivity index (χ1v) is 13.7. The molecule has 5 aliphatic carbocycles. The maximum absolute atomic E-state index is 13.3. The second-order valence-corrected chi connectivity index (χ2v) is 14.6. The molecular formula is C31H46O3. The Morgan fingerprint density at radius 3 is 2.29 bits per heavy atom. The third-order valence-corrected chi connectivity index (χ3v) is 12.5. The van der Waals surface area contributed by atoms with Crippen molar-refractivity contribution in [1.82, 2.24) is 0 Å². The van der Waals surface area contributed by atoms with Crippen molar-refractivity contribution in [3.63, 3.8) is 0 Å². The van der Waals surface area contributed by atoms with Crippen LogP contribution in [0, 0.1) is 50.2 Å². The third kappa shape index (κ3) is 2.82. The summed E-state index contributed by atoms with van der Waals surface area (Å²) in [4.78, 5) is 26.2. The van der Waals surface area contributed by atoms with Crippen LogP contribution in [0.3, 0.4) is 0 Å². The van der Waals surface area contributed by atoms with Gasteiger partial charge in [-0.05, 0) is 96.9 Å². The van der Waals surface area contributed by atoms with Crippen molar-refractivity contribution in [2.45, 2.75) is 99.8 Å². The summed E-state index contributed by atoms with van der Waals surface area (Å²) in [6.45, 7) is 16.6. The topological polar surface area (TPSA) is 43.4 Å². The minimum Gasteiger partial charge on any atom is -0.469 e. The molecule has 0 spiro atoms. The lowest BCUT2D eigenvalue weighted by Gasteiger charge is -2.69. The number of fused-ring (bicyclic) bond motifs is 7. The SMILES string of the molecule is COC(=O)[C@]12CCC(C)(C)CC1C1=CC[C@@H]3[C@@]4(C)C=CC(=O)C(C)(C)[C@@H]4CC[C@@]3(C)[C@]1(C)CC2. The second kappa shape index (κ2) is 7.10. The van der Waals surface area contributed by atoms with Gasteiger partial charge in [0.25, 0.3) is 0 Å². The van der Waals surface area contributed by atoms with Crippen molar-refractivity contribution >= 4 is 11.8 Å². The van der Waals surface area contributed by atoms with Gasteiger partial charge >= 0.3 is 5.97 Å². The molecular weight excluding hydrogens is 420 g/mol. The number of allylic oxidation sites excluding steroid dienone is 4. The maximum Gasteiger partial charge on any atom is 0.312 e. The largest absolute Gasteiger partial charge is 0.469 e. The van der Waals surface area contributed by atoms with E-state index in [0.717, 1.165) is 51.4 Å². The summed E-state index contributed by atoms with van der Waals surface area (Å²) in [6, 6.07) is 0. The minimum atomic E-state index is -0.348. The van der Waals surface area contributed by atoms with Crippen LogP contribution in [0.25, 0.3) is 0 Å². The van der Waals surface area contributed by atoms with Gasteiger partial charge in [-0.1, -0.05) is 66.2 Å². The van der Waals surface area contributed by atoms with E-state index in [-0.39, 0.29) is 44.4 Å². The number of carbonyl (C=O) groups excluding carboxylic acids is 2. The molecule has 0 heterocycles. The van der Waals surface area contributed by atoms with Gasteiger partial charge in [0.05, 0.1) is 12.5 Å². The van der Waals surface area contributed by atoms with E-state index in [4.69, 9.17) is 4.74 Å². The van der Waals surface area contributed by atoms with Crippen molar-refractivity contribution in [3.8, 4) is 0 Å². The second-order valence-electron chi connectivity index (χ2n) is 14.6. The third-order valence-electron chi connectivity index (χ3n) is 12.5. The quantitative estimate of drug-likeness (QED) is 0.301. The van der Waals surface area contributed by atoms with E-state index in [2.05, 4.69) is 60.6 Å². The average Bonchev–Trinajstić information content (AvgIpc) is 2.76. The van der Waals surface area contributed by atoms with Gasteiger partial charge in [0, 0.05) is 5.41 Å². The average molecular weight is 467 g/mol. The predicted octanol–water partition coefficient (Wildman–Crippen LogP) is 7.31. The molecule has 5 rings (SSSR count). The van der Waals surface area contributed by atoms with Crippen LogP contribution in [0.4, 0.5) is 0 Å². The zero-order valence-electron chi connectivity index (χ0n) is 22.8. The zero-order valence-corrected chi connectivity index (χ0v) is 22.8. The van der Waals surface area contributed by atoms with Crippen LogP contribution >= 0.6 is 0 Å². The molecule has 0 bridgehead atoms. The molecule has 0 aliphatic heterocycles. The molecule has 0 aromatic heterocycles. The van der Waals surface area contributed by atoms with Crippen molar-refractivity contribution in [1.29, 1.82) is 0 Å². The van der Waals surface area contributed by atoms with E-state index in [1.165, 1.54) is 0 Å². The normalized spacial score (nSPS) is 48.5. The van der Waals surface area contributed by atoms with Crippen LogP contribution in [0.1, 0.15) is 99.8 Å². The molecule has 3 fully saturated rings. The molecule has 7 atom stereocenters. The van der Waals surface area contributed by atoms with Crippen LogP contribution in [-0.2, 0) is 14.3 Å². The van der Waals surface area contributed by atoms with E-state index in [0.29, 0.717) is 17.6 Å². The molecule has 0 N–H and O–H groups in total. The van der Waals surface area contributed by atoms with Gasteiger partial charge in [0.2, 0.25) is 0 Å². The Bertz CT molecular complexity index is 985. The van der Waals surface area contributed by atoms with Crippen LogP contribution in [0.5, 0.6) is 0 Å². The van der Waals surface area contributed by atoms with E-state index < -0.39 is 0 Å². The fourth-order valence-corrected chi connectivity index (χ4v) is 10.1. The van der Waals surface area contributed by atoms with Crippen molar-refractivity contribution in [3.05, 3.63) is 23.8 Å². The van der Waals surface area contributed by atoms with Gasteiger partial charge in [0.15, 0.2) is 5.78 Å². The van der Waals surface area contributed by atoms with E-state index in [1.807, 2.05) is 6.08 Å². The summed E-state index contributed by atoms with van der Waals surface area (Å²) in [5, 5.41) is 0. The number of ether oxygens (including phenoxy) is 1. The summed E-state index contributed by atoms with van der Waals surface area (Å²) in [6.07, 6.45) is 15.2. The lowest BCUT2D eigenvalue weighted by Crippen LogP contribution is -2.64. The number of methoxy groups -OCH3 is 1. The van der Waals surface area contributed by atoms with Gasteiger partial charge in [-0.3, -0.25) is 9.59 Å². The van der Waals surface area contributed by atoms with Crippen LogP contribution < -0.4 is 0 Å². The minimum absolute atomic E-state index is 0.0226. The monoisotopic (exact) mass is 466 g/mol. The lowest BCUT2D eigenvalue weighted by atomic mass is 9.34. The molecule has 5 aliphatic rings. The van der Waals surface area contributed by atoms with Gasteiger partial charge in [-0.2, -0.15) is 0 Å². The van der Waals surface area contributed by atoms with Gasteiger partial charge < -0.3 is 4.74 Å².